The summed E-state index contributed by atoms with van der Waals surface area (Å²) in [6.45, 7) is 4.64. The quantitative estimate of drug-likeness (QED) is 0.568. The van der Waals surface area contributed by atoms with Crippen molar-refractivity contribution in [2.45, 2.75) is 25.8 Å². The number of imide groups is 1. The van der Waals surface area contributed by atoms with Gasteiger partial charge in [-0.05, 0) is 33.0 Å². The van der Waals surface area contributed by atoms with Crippen molar-refractivity contribution in [2.75, 3.05) is 33.2 Å². The fraction of sp³-hybridized carbons (Fsp3) is 0.529. The monoisotopic (exact) mass is 364 g/mol. The molecule has 142 valence electrons. The van der Waals surface area contributed by atoms with E-state index in [-0.39, 0.29) is 36.9 Å². The normalized spacial score (nSPS) is 22.7. The predicted octanol–water partition coefficient (Wildman–Crippen LogP) is -0.141. The van der Waals surface area contributed by atoms with Gasteiger partial charge in [0.25, 0.3) is 0 Å². The Morgan fingerprint density at radius 1 is 1.38 bits per heavy atom. The molecular weight excluding hydrogens is 340 g/mol. The maximum absolute atomic E-state index is 12.2. The first-order chi connectivity index (χ1) is 12.3. The molecule has 0 saturated carbocycles. The molecule has 9 heteroatoms. The van der Waals surface area contributed by atoms with Crippen LogP contribution in [0.15, 0.2) is 16.5 Å². The van der Waals surface area contributed by atoms with Gasteiger partial charge in [-0.15, -0.1) is 0 Å². The molecule has 3 heterocycles. The van der Waals surface area contributed by atoms with E-state index in [1.807, 2.05) is 26.1 Å². The molecule has 3 rings (SSSR count). The third kappa shape index (κ3) is 4.92. The number of rotatable bonds is 4. The Hall–Kier alpha value is -2.68. The van der Waals surface area contributed by atoms with E-state index in [1.54, 1.807) is 0 Å². The molecule has 2 unspecified atom stereocenters. The summed E-state index contributed by atoms with van der Waals surface area (Å²) in [5, 5.41) is 5.11. The van der Waals surface area contributed by atoms with E-state index in [0.717, 1.165) is 24.4 Å². The third-order valence-electron chi connectivity index (χ3n) is 4.18. The zero-order valence-corrected chi connectivity index (χ0v) is 15.2. The van der Waals surface area contributed by atoms with Gasteiger partial charge in [-0.3, -0.25) is 14.9 Å². The Morgan fingerprint density at radius 2 is 2.08 bits per heavy atom. The van der Waals surface area contributed by atoms with Crippen LogP contribution in [0, 0.1) is 6.92 Å². The minimum Gasteiger partial charge on any atom is -0.466 e. The van der Waals surface area contributed by atoms with Crippen LogP contribution in [0.4, 0.5) is 4.79 Å². The minimum absolute atomic E-state index is 0.0718. The number of aldehydes is 1. The zero-order chi connectivity index (χ0) is 19.3. The van der Waals surface area contributed by atoms with Crippen molar-refractivity contribution in [1.29, 1.82) is 0 Å². The molecule has 1 aromatic rings. The second-order valence-electron chi connectivity index (χ2n) is 6.40. The molecule has 4 amide bonds. The highest BCUT2D eigenvalue weighted by atomic mass is 16.3. The summed E-state index contributed by atoms with van der Waals surface area (Å²) < 4.78 is 5.69. The number of nitrogens with zero attached hydrogens (tertiary/aromatic N) is 2. The lowest BCUT2D eigenvalue weighted by Crippen LogP contribution is -2.45. The van der Waals surface area contributed by atoms with Crippen LogP contribution in [0.5, 0.6) is 0 Å². The first-order valence-corrected chi connectivity index (χ1v) is 8.36. The van der Waals surface area contributed by atoms with E-state index in [1.165, 1.54) is 11.8 Å². The summed E-state index contributed by atoms with van der Waals surface area (Å²) in [5.74, 6) is 1.11. The van der Waals surface area contributed by atoms with Crippen molar-refractivity contribution in [3.63, 3.8) is 0 Å². The molecule has 2 fully saturated rings. The summed E-state index contributed by atoms with van der Waals surface area (Å²) in [4.78, 5) is 47.0. The number of nitrogens with one attached hydrogen (secondary N) is 2. The maximum Gasteiger partial charge on any atom is 0.325 e. The van der Waals surface area contributed by atoms with Crippen LogP contribution < -0.4 is 10.6 Å². The molecule has 0 aromatic carbocycles. The number of carbonyl (C=O) groups is 4. The number of likely N-dealkylation sites (N-methyl/N-ethyl adjacent to an activating group) is 1. The second-order valence-corrected chi connectivity index (χ2v) is 6.40. The van der Waals surface area contributed by atoms with Gasteiger partial charge in [0, 0.05) is 13.1 Å². The molecule has 2 aliphatic rings. The molecule has 2 aliphatic heterocycles. The summed E-state index contributed by atoms with van der Waals surface area (Å²) in [6.07, 6.45) is 0.750. The number of likely N-dealkylation sites (tertiary alicyclic amines) is 1. The fourth-order valence-electron chi connectivity index (χ4n) is 3.12. The Bertz CT molecular complexity index is 686. The summed E-state index contributed by atoms with van der Waals surface area (Å²) in [5.41, 5.74) is 0. The van der Waals surface area contributed by atoms with Crippen molar-refractivity contribution in [2.24, 2.45) is 0 Å². The van der Waals surface area contributed by atoms with Crippen molar-refractivity contribution < 1.29 is 23.6 Å². The highest BCUT2D eigenvalue weighted by molar-refractivity contribution is 6.03. The van der Waals surface area contributed by atoms with Crippen LogP contribution in [0.3, 0.4) is 0 Å². The average Bonchev–Trinajstić information content (AvgIpc) is 3.20. The van der Waals surface area contributed by atoms with E-state index in [9.17, 15) is 14.4 Å². The largest absolute Gasteiger partial charge is 0.466 e. The Labute approximate surface area is 151 Å². The molecule has 1 aromatic heterocycles. The van der Waals surface area contributed by atoms with Gasteiger partial charge in [0.2, 0.25) is 11.8 Å². The molecule has 2 N–H and O–H groups in total. The number of aryl methyl sites for hydroxylation is 1. The highest BCUT2D eigenvalue weighted by Crippen LogP contribution is 2.28. The van der Waals surface area contributed by atoms with Gasteiger partial charge in [0.05, 0.1) is 12.0 Å². The molecule has 0 aliphatic carbocycles. The Morgan fingerprint density at radius 3 is 2.62 bits per heavy atom. The van der Waals surface area contributed by atoms with E-state index in [4.69, 9.17) is 9.21 Å². The van der Waals surface area contributed by atoms with Gasteiger partial charge in [-0.25, -0.2) is 4.79 Å². The topological polar surface area (TPSA) is 112 Å². The number of hydrogen-bond acceptors (Lipinski definition) is 6. The van der Waals surface area contributed by atoms with Crippen molar-refractivity contribution in [3.05, 3.63) is 23.7 Å². The molecule has 0 radical (unpaired) electrons. The molecule has 2 saturated heterocycles. The van der Waals surface area contributed by atoms with E-state index < -0.39 is 6.03 Å². The first kappa shape index (κ1) is 19.6. The first-order valence-electron chi connectivity index (χ1n) is 8.36. The number of carbonyl (C=O) groups excluding carboxylic acids is 4. The van der Waals surface area contributed by atoms with Crippen molar-refractivity contribution in [1.82, 2.24) is 20.4 Å². The van der Waals surface area contributed by atoms with Crippen LogP contribution >= 0.6 is 0 Å². The highest BCUT2D eigenvalue weighted by Gasteiger charge is 2.36. The van der Waals surface area contributed by atoms with Gasteiger partial charge in [-0.2, -0.15) is 0 Å². The summed E-state index contributed by atoms with van der Waals surface area (Å²) >= 11 is 0. The number of hydrogen-bond donors (Lipinski definition) is 2. The number of furan rings is 1. The van der Waals surface area contributed by atoms with E-state index in [2.05, 4.69) is 15.5 Å². The standard InChI is InChI=1S/C15H20N4O4.C2H4O/c1-9-3-4-12(23-9)10-5-18(2)6-11(10)16-13(20)7-19-8-14(21)17-15(19)22;1-2-3/h3-4,10-11H,5-8H2,1-2H3,(H,16,20)(H,17,21,22);2H,1H3. The fourth-order valence-corrected chi connectivity index (χ4v) is 3.12. The summed E-state index contributed by atoms with van der Waals surface area (Å²) in [6, 6.07) is 3.24. The van der Waals surface area contributed by atoms with Gasteiger partial charge < -0.3 is 24.3 Å². The molecule has 2 atom stereocenters. The lowest BCUT2D eigenvalue weighted by Gasteiger charge is -2.20. The van der Waals surface area contributed by atoms with Crippen LogP contribution in [-0.2, 0) is 14.4 Å². The molecule has 0 spiro atoms. The lowest BCUT2D eigenvalue weighted by atomic mass is 10.0. The van der Waals surface area contributed by atoms with Crippen molar-refractivity contribution >= 4 is 24.1 Å². The maximum atomic E-state index is 12.2. The Balaban J connectivity index is 0.000000758. The van der Waals surface area contributed by atoms with Crippen molar-refractivity contribution in [3.8, 4) is 0 Å². The van der Waals surface area contributed by atoms with Crippen LogP contribution in [-0.4, -0.2) is 73.2 Å². The predicted molar refractivity (Wildman–Crippen MR) is 92.5 cm³/mol. The van der Waals surface area contributed by atoms with Crippen LogP contribution in [0.2, 0.25) is 0 Å². The summed E-state index contributed by atoms with van der Waals surface area (Å²) in [7, 11) is 1.99. The SMILES string of the molecule is CC=O.Cc1ccc(C2CN(C)CC2NC(=O)CN2CC(=O)NC2=O)o1. The van der Waals surface area contributed by atoms with Crippen LogP contribution in [0.1, 0.15) is 24.4 Å². The minimum atomic E-state index is -0.521. The van der Waals surface area contributed by atoms with Gasteiger partial charge in [0.1, 0.15) is 30.9 Å². The smallest absolute Gasteiger partial charge is 0.325 e. The van der Waals surface area contributed by atoms with E-state index >= 15 is 0 Å². The third-order valence-corrected chi connectivity index (χ3v) is 4.18. The second kappa shape index (κ2) is 8.61. The van der Waals surface area contributed by atoms with Gasteiger partial charge >= 0.3 is 6.03 Å². The molecule has 9 nitrogen and oxygen atoms in total. The van der Waals surface area contributed by atoms with Crippen LogP contribution in [0.25, 0.3) is 0 Å². The van der Waals surface area contributed by atoms with Gasteiger partial charge in [-0.1, -0.05) is 0 Å². The molecule has 0 bridgehead atoms. The molecular formula is C17H24N4O5. The Kier molecular flexibility index (Phi) is 6.51. The molecule has 26 heavy (non-hydrogen) atoms. The zero-order valence-electron chi connectivity index (χ0n) is 15.2. The number of amides is 4. The average molecular weight is 364 g/mol. The number of urea groups is 1. The van der Waals surface area contributed by atoms with Gasteiger partial charge in [0.15, 0.2) is 0 Å². The van der Waals surface area contributed by atoms with E-state index in [0.29, 0.717) is 6.54 Å². The lowest BCUT2D eigenvalue weighted by molar-refractivity contribution is -0.122.